The summed E-state index contributed by atoms with van der Waals surface area (Å²) in [5.74, 6) is 0.664. The maximum Gasteiger partial charge on any atom is 0.0363 e. The minimum absolute atomic E-state index is 0.664. The second-order valence-electron chi connectivity index (χ2n) is 7.22. The first-order valence-corrected chi connectivity index (χ1v) is 9.80. The Kier molecular flexibility index (Phi) is 6.49. The zero-order valence-corrected chi connectivity index (χ0v) is 16.6. The lowest BCUT2D eigenvalue weighted by molar-refractivity contribution is 0.733. The molecule has 1 unspecified atom stereocenters. The summed E-state index contributed by atoms with van der Waals surface area (Å²) in [5.41, 5.74) is 6.22. The molecule has 1 aliphatic carbocycles. The number of hydrogen-bond acceptors (Lipinski definition) is 1. The average molecular weight is 356 g/mol. The molecule has 1 heteroatoms. The number of hydrogen-bond donors (Lipinski definition) is 0. The van der Waals surface area contributed by atoms with Crippen LogP contribution in [-0.2, 0) is 0 Å². The Morgan fingerprint density at radius 3 is 1.85 bits per heavy atom. The predicted molar refractivity (Wildman–Crippen MR) is 121 cm³/mol. The summed E-state index contributed by atoms with van der Waals surface area (Å²) >= 11 is 0. The third-order valence-electron chi connectivity index (χ3n) is 5.02. The van der Waals surface area contributed by atoms with Crippen LogP contribution in [0.25, 0.3) is 18.2 Å². The molecule has 2 aromatic rings. The van der Waals surface area contributed by atoms with E-state index in [0.717, 1.165) is 13.0 Å². The van der Waals surface area contributed by atoms with Crippen LogP contribution in [0.15, 0.2) is 78.4 Å². The molecule has 1 aliphatic rings. The van der Waals surface area contributed by atoms with Gasteiger partial charge in [0.25, 0.3) is 0 Å². The topological polar surface area (TPSA) is 3.24 Å². The van der Waals surface area contributed by atoms with Crippen LogP contribution < -0.4 is 4.90 Å². The van der Waals surface area contributed by atoms with Gasteiger partial charge in [-0.25, -0.2) is 0 Å². The van der Waals surface area contributed by atoms with E-state index in [4.69, 9.17) is 0 Å². The van der Waals surface area contributed by atoms with Crippen molar-refractivity contribution < 1.29 is 0 Å². The molecule has 138 valence electrons. The van der Waals surface area contributed by atoms with Gasteiger partial charge in [0.05, 0.1) is 0 Å². The van der Waals surface area contributed by atoms with Crippen molar-refractivity contribution in [1.82, 2.24) is 0 Å². The van der Waals surface area contributed by atoms with Crippen molar-refractivity contribution in [2.24, 2.45) is 5.92 Å². The summed E-state index contributed by atoms with van der Waals surface area (Å²) in [6, 6.07) is 17.4. The fraction of sp³-hybridized carbons (Fsp3) is 0.231. The fourth-order valence-corrected chi connectivity index (χ4v) is 2.99. The van der Waals surface area contributed by atoms with Crippen molar-refractivity contribution in [3.63, 3.8) is 0 Å². The molecule has 0 aliphatic heterocycles. The molecule has 0 saturated carbocycles. The average Bonchev–Trinajstić information content (AvgIpc) is 2.72. The largest absolute Gasteiger partial charge is 0.375 e. The second-order valence-corrected chi connectivity index (χ2v) is 7.22. The summed E-state index contributed by atoms with van der Waals surface area (Å²) in [6.45, 7) is 5.43. The molecule has 27 heavy (non-hydrogen) atoms. The van der Waals surface area contributed by atoms with Gasteiger partial charge in [0.1, 0.15) is 0 Å². The Morgan fingerprint density at radius 1 is 0.852 bits per heavy atom. The normalized spacial score (nSPS) is 16.9. The molecule has 0 spiro atoms. The van der Waals surface area contributed by atoms with Gasteiger partial charge >= 0.3 is 0 Å². The van der Waals surface area contributed by atoms with Crippen LogP contribution in [0.3, 0.4) is 0 Å². The number of allylic oxidation sites excluding steroid dienone is 5. The lowest BCUT2D eigenvalue weighted by Crippen LogP contribution is -2.15. The number of benzene rings is 2. The van der Waals surface area contributed by atoms with E-state index in [2.05, 4.69) is 117 Å². The van der Waals surface area contributed by atoms with Crippen molar-refractivity contribution in [1.29, 1.82) is 0 Å². The van der Waals surface area contributed by atoms with E-state index in [-0.39, 0.29) is 0 Å². The summed E-state index contributed by atoms with van der Waals surface area (Å²) in [4.78, 5) is 2.24. The Labute approximate surface area is 164 Å². The van der Waals surface area contributed by atoms with Crippen LogP contribution in [0.4, 0.5) is 5.69 Å². The van der Waals surface area contributed by atoms with Gasteiger partial charge in [0.2, 0.25) is 0 Å². The quantitative estimate of drug-likeness (QED) is 0.512. The SMILES string of the molecule is CCN(C)c1ccc(/C=C/c2ccc(/C=C/C3=CCC(C)C=C3)cc2)cc1. The monoisotopic (exact) mass is 355 g/mol. The van der Waals surface area contributed by atoms with Gasteiger partial charge in [-0.1, -0.05) is 85.9 Å². The summed E-state index contributed by atoms with van der Waals surface area (Å²) in [6.07, 6.45) is 16.6. The predicted octanol–water partition coefficient (Wildman–Crippen LogP) is 6.85. The van der Waals surface area contributed by atoms with E-state index < -0.39 is 0 Å². The Balaban J connectivity index is 1.60. The van der Waals surface area contributed by atoms with Gasteiger partial charge in [0.15, 0.2) is 0 Å². The molecule has 0 aromatic heterocycles. The lowest BCUT2D eigenvalue weighted by Gasteiger charge is -2.16. The third-order valence-corrected chi connectivity index (χ3v) is 5.02. The summed E-state index contributed by atoms with van der Waals surface area (Å²) in [7, 11) is 2.11. The summed E-state index contributed by atoms with van der Waals surface area (Å²) in [5, 5.41) is 0. The van der Waals surface area contributed by atoms with Crippen molar-refractivity contribution in [2.45, 2.75) is 20.3 Å². The molecular formula is C26H29N. The first-order valence-electron chi connectivity index (χ1n) is 9.80. The first kappa shape index (κ1) is 19.0. The van der Waals surface area contributed by atoms with Crippen LogP contribution in [0, 0.1) is 5.92 Å². The third kappa shape index (κ3) is 5.59. The fourth-order valence-electron chi connectivity index (χ4n) is 2.99. The van der Waals surface area contributed by atoms with Crippen LogP contribution in [0.2, 0.25) is 0 Å². The van der Waals surface area contributed by atoms with E-state index >= 15 is 0 Å². The molecule has 1 nitrogen and oxygen atoms in total. The number of nitrogens with zero attached hydrogens (tertiary/aromatic N) is 1. The smallest absolute Gasteiger partial charge is 0.0363 e. The van der Waals surface area contributed by atoms with Gasteiger partial charge in [-0.05, 0) is 53.7 Å². The number of anilines is 1. The van der Waals surface area contributed by atoms with Crippen LogP contribution in [-0.4, -0.2) is 13.6 Å². The van der Waals surface area contributed by atoms with Crippen molar-refractivity contribution in [3.8, 4) is 0 Å². The molecule has 3 rings (SSSR count). The highest BCUT2D eigenvalue weighted by Crippen LogP contribution is 2.18. The van der Waals surface area contributed by atoms with Crippen molar-refractivity contribution >= 4 is 23.9 Å². The van der Waals surface area contributed by atoms with E-state index in [1.54, 1.807) is 0 Å². The highest BCUT2D eigenvalue weighted by atomic mass is 15.1. The molecular weight excluding hydrogens is 326 g/mol. The van der Waals surface area contributed by atoms with E-state index in [1.165, 1.54) is 28.0 Å². The van der Waals surface area contributed by atoms with Gasteiger partial charge in [0, 0.05) is 19.3 Å². The van der Waals surface area contributed by atoms with Crippen LogP contribution in [0.1, 0.15) is 37.0 Å². The molecule has 0 fully saturated rings. The highest BCUT2D eigenvalue weighted by Gasteiger charge is 2.00. The maximum atomic E-state index is 2.31. The molecule has 2 aromatic carbocycles. The molecule has 1 atom stereocenters. The molecule has 0 N–H and O–H groups in total. The molecule has 0 bridgehead atoms. The molecule has 0 heterocycles. The standard InChI is InChI=1S/C26H29N/c1-4-27(3)26-19-17-25(18-20-26)16-15-24-13-11-23(12-14-24)10-9-22-7-5-21(2)6-8-22/h5,7-21H,4,6H2,1-3H3/b10-9+,16-15+. The van der Waals surface area contributed by atoms with Gasteiger partial charge < -0.3 is 4.90 Å². The Morgan fingerprint density at radius 2 is 1.37 bits per heavy atom. The van der Waals surface area contributed by atoms with Crippen LogP contribution >= 0.6 is 0 Å². The van der Waals surface area contributed by atoms with Gasteiger partial charge in [-0.2, -0.15) is 0 Å². The number of rotatable bonds is 6. The van der Waals surface area contributed by atoms with Crippen molar-refractivity contribution in [2.75, 3.05) is 18.5 Å². The Hall–Kier alpha value is -2.80. The minimum Gasteiger partial charge on any atom is -0.375 e. The van der Waals surface area contributed by atoms with E-state index in [9.17, 15) is 0 Å². The van der Waals surface area contributed by atoms with Crippen LogP contribution in [0.5, 0.6) is 0 Å². The van der Waals surface area contributed by atoms with E-state index in [1.807, 2.05) is 0 Å². The minimum atomic E-state index is 0.664. The Bertz CT molecular complexity index is 848. The van der Waals surface area contributed by atoms with E-state index in [0.29, 0.717) is 5.92 Å². The molecule has 0 amide bonds. The zero-order chi connectivity index (χ0) is 19.1. The zero-order valence-electron chi connectivity index (χ0n) is 16.6. The molecule has 0 saturated heterocycles. The first-order chi connectivity index (χ1) is 13.1. The second kappa shape index (κ2) is 9.23. The highest BCUT2D eigenvalue weighted by molar-refractivity contribution is 5.71. The van der Waals surface area contributed by atoms with Gasteiger partial charge in [-0.15, -0.1) is 0 Å². The summed E-state index contributed by atoms with van der Waals surface area (Å²) < 4.78 is 0. The lowest BCUT2D eigenvalue weighted by atomic mass is 9.98. The maximum absolute atomic E-state index is 2.31. The molecule has 0 radical (unpaired) electrons. The van der Waals surface area contributed by atoms with Crippen molar-refractivity contribution in [3.05, 3.63) is 95.1 Å². The van der Waals surface area contributed by atoms with Gasteiger partial charge in [-0.3, -0.25) is 0 Å².